The Balaban J connectivity index is 1.74. The molecular formula is C20H19BrN2O2S. The molecule has 26 heavy (non-hydrogen) atoms. The molecule has 134 valence electrons. The summed E-state index contributed by atoms with van der Waals surface area (Å²) in [4.78, 5) is 12.7. The van der Waals surface area contributed by atoms with Crippen LogP contribution in [0, 0.1) is 27.7 Å². The highest BCUT2D eigenvalue weighted by Gasteiger charge is 2.17. The highest BCUT2D eigenvalue weighted by atomic mass is 79.9. The zero-order valence-corrected chi connectivity index (χ0v) is 17.5. The molecule has 0 saturated carbocycles. The van der Waals surface area contributed by atoms with Crippen LogP contribution in [0.3, 0.4) is 0 Å². The van der Waals surface area contributed by atoms with Gasteiger partial charge in [0.05, 0.1) is 11.3 Å². The maximum atomic E-state index is 12.7. The maximum absolute atomic E-state index is 12.7. The molecule has 2 aromatic carbocycles. The summed E-state index contributed by atoms with van der Waals surface area (Å²) >= 11 is 4.74. The van der Waals surface area contributed by atoms with E-state index in [0.29, 0.717) is 11.1 Å². The van der Waals surface area contributed by atoms with Gasteiger partial charge in [-0.05, 0) is 84.1 Å². The SMILES string of the molecule is Cc1cc(C(=O)CSc2nnc(-c3ccccc3Br)o2)c(C)c(C)c1C. The molecule has 1 aromatic heterocycles. The maximum Gasteiger partial charge on any atom is 0.277 e. The monoisotopic (exact) mass is 430 g/mol. The third kappa shape index (κ3) is 3.76. The molecule has 6 heteroatoms. The van der Waals surface area contributed by atoms with Crippen LogP contribution in [-0.2, 0) is 0 Å². The van der Waals surface area contributed by atoms with Crippen molar-refractivity contribution in [3.8, 4) is 11.5 Å². The normalized spacial score (nSPS) is 11.0. The van der Waals surface area contributed by atoms with E-state index >= 15 is 0 Å². The fourth-order valence-corrected chi connectivity index (χ4v) is 3.82. The average molecular weight is 431 g/mol. The second kappa shape index (κ2) is 7.76. The van der Waals surface area contributed by atoms with E-state index in [1.165, 1.54) is 22.9 Å². The molecule has 0 aliphatic rings. The second-order valence-electron chi connectivity index (χ2n) is 6.18. The number of Topliss-reactive ketones (excluding diaryl/α,β-unsaturated/α-hetero) is 1. The standard InChI is InChI=1S/C20H19BrN2O2S/c1-11-9-16(14(4)13(3)12(11)2)18(24)10-26-20-23-22-19(25-20)15-7-5-6-8-17(15)21/h5-9H,10H2,1-4H3. The Morgan fingerprint density at radius 3 is 2.54 bits per heavy atom. The number of hydrogen-bond acceptors (Lipinski definition) is 5. The lowest BCUT2D eigenvalue weighted by Gasteiger charge is -2.13. The van der Waals surface area contributed by atoms with Gasteiger partial charge in [-0.15, -0.1) is 10.2 Å². The first-order chi connectivity index (χ1) is 12.4. The van der Waals surface area contributed by atoms with Crippen molar-refractivity contribution in [2.45, 2.75) is 32.9 Å². The van der Waals surface area contributed by atoms with Crippen LogP contribution in [0.15, 0.2) is 44.4 Å². The number of thioether (sulfide) groups is 1. The third-order valence-corrected chi connectivity index (χ3v) is 6.13. The van der Waals surface area contributed by atoms with Gasteiger partial charge in [-0.3, -0.25) is 4.79 Å². The Bertz CT molecular complexity index is 982. The number of aromatic nitrogens is 2. The van der Waals surface area contributed by atoms with E-state index in [1.807, 2.05) is 44.2 Å². The van der Waals surface area contributed by atoms with E-state index in [2.05, 4.69) is 40.0 Å². The number of carbonyl (C=O) groups is 1. The number of ketones is 1. The van der Waals surface area contributed by atoms with Crippen molar-refractivity contribution < 1.29 is 9.21 Å². The summed E-state index contributed by atoms with van der Waals surface area (Å²) in [5.41, 5.74) is 6.19. The van der Waals surface area contributed by atoms with Crippen molar-refractivity contribution >= 4 is 33.5 Å². The third-order valence-electron chi connectivity index (χ3n) is 4.62. The molecule has 0 fully saturated rings. The van der Waals surface area contributed by atoms with Crippen LogP contribution in [0.1, 0.15) is 32.6 Å². The number of nitrogens with zero attached hydrogens (tertiary/aromatic N) is 2. The van der Waals surface area contributed by atoms with Crippen molar-refractivity contribution in [3.05, 3.63) is 62.6 Å². The largest absolute Gasteiger partial charge is 0.411 e. The van der Waals surface area contributed by atoms with Crippen LogP contribution in [0.2, 0.25) is 0 Å². The quantitative estimate of drug-likeness (QED) is 0.383. The molecule has 0 radical (unpaired) electrons. The van der Waals surface area contributed by atoms with Crippen molar-refractivity contribution in [1.29, 1.82) is 0 Å². The highest BCUT2D eigenvalue weighted by Crippen LogP contribution is 2.29. The van der Waals surface area contributed by atoms with Gasteiger partial charge >= 0.3 is 0 Å². The van der Waals surface area contributed by atoms with Gasteiger partial charge in [0.15, 0.2) is 5.78 Å². The minimum Gasteiger partial charge on any atom is -0.411 e. The molecule has 3 aromatic rings. The predicted octanol–water partition coefficient (Wildman–Crippen LogP) is 5.71. The van der Waals surface area contributed by atoms with Crippen LogP contribution >= 0.6 is 27.7 Å². The molecule has 0 aliphatic carbocycles. The van der Waals surface area contributed by atoms with E-state index in [1.54, 1.807) is 0 Å². The number of rotatable bonds is 5. The lowest BCUT2D eigenvalue weighted by Crippen LogP contribution is -2.08. The zero-order valence-electron chi connectivity index (χ0n) is 15.1. The van der Waals surface area contributed by atoms with Gasteiger partial charge in [0.1, 0.15) is 0 Å². The van der Waals surface area contributed by atoms with Gasteiger partial charge in [-0.2, -0.15) is 0 Å². The molecule has 0 saturated heterocycles. The first-order valence-electron chi connectivity index (χ1n) is 8.20. The summed E-state index contributed by atoms with van der Waals surface area (Å²) in [6.45, 7) is 8.18. The van der Waals surface area contributed by atoms with Gasteiger partial charge in [0.25, 0.3) is 5.22 Å². The summed E-state index contributed by atoms with van der Waals surface area (Å²) in [5.74, 6) is 0.769. The minimum absolute atomic E-state index is 0.0688. The smallest absolute Gasteiger partial charge is 0.277 e. The van der Waals surface area contributed by atoms with Crippen molar-refractivity contribution in [3.63, 3.8) is 0 Å². The summed E-state index contributed by atoms with van der Waals surface area (Å²) in [5, 5.41) is 8.51. The Hall–Kier alpha value is -1.92. The number of carbonyl (C=O) groups excluding carboxylic acids is 1. The average Bonchev–Trinajstić information content (AvgIpc) is 3.10. The fourth-order valence-electron chi connectivity index (χ4n) is 2.72. The second-order valence-corrected chi connectivity index (χ2v) is 7.96. The first-order valence-corrected chi connectivity index (χ1v) is 9.98. The van der Waals surface area contributed by atoms with Gasteiger partial charge < -0.3 is 4.42 Å². The van der Waals surface area contributed by atoms with E-state index in [4.69, 9.17) is 4.42 Å². The summed E-state index contributed by atoms with van der Waals surface area (Å²) in [7, 11) is 0. The molecule has 0 atom stereocenters. The minimum atomic E-state index is 0.0688. The van der Waals surface area contributed by atoms with Crippen LogP contribution in [-0.4, -0.2) is 21.7 Å². The van der Waals surface area contributed by atoms with Crippen LogP contribution in [0.5, 0.6) is 0 Å². The molecule has 0 amide bonds. The number of hydrogen-bond donors (Lipinski definition) is 0. The van der Waals surface area contributed by atoms with E-state index in [-0.39, 0.29) is 11.5 Å². The van der Waals surface area contributed by atoms with Crippen LogP contribution in [0.25, 0.3) is 11.5 Å². The zero-order chi connectivity index (χ0) is 18.8. The summed E-state index contributed by atoms with van der Waals surface area (Å²) in [6, 6.07) is 9.62. The molecule has 1 heterocycles. The lowest BCUT2D eigenvalue weighted by atomic mass is 9.93. The summed E-state index contributed by atoms with van der Waals surface area (Å²) in [6.07, 6.45) is 0. The Morgan fingerprint density at radius 2 is 1.81 bits per heavy atom. The van der Waals surface area contributed by atoms with E-state index in [0.717, 1.165) is 26.7 Å². The van der Waals surface area contributed by atoms with E-state index in [9.17, 15) is 4.79 Å². The lowest BCUT2D eigenvalue weighted by molar-refractivity contribution is 0.102. The summed E-state index contributed by atoms with van der Waals surface area (Å²) < 4.78 is 6.58. The van der Waals surface area contributed by atoms with Gasteiger partial charge in [0, 0.05) is 10.0 Å². The predicted molar refractivity (Wildman–Crippen MR) is 108 cm³/mol. The van der Waals surface area contributed by atoms with Crippen molar-refractivity contribution in [2.75, 3.05) is 5.75 Å². The molecule has 0 aliphatic heterocycles. The molecular weight excluding hydrogens is 412 g/mol. The molecule has 3 rings (SSSR count). The highest BCUT2D eigenvalue weighted by molar-refractivity contribution is 9.10. The number of benzene rings is 2. The Labute approximate surface area is 165 Å². The van der Waals surface area contributed by atoms with Crippen LogP contribution < -0.4 is 0 Å². The first kappa shape index (κ1) is 18.9. The molecule has 0 bridgehead atoms. The number of aryl methyl sites for hydroxylation is 1. The van der Waals surface area contributed by atoms with Gasteiger partial charge in [0.2, 0.25) is 5.89 Å². The molecule has 4 nitrogen and oxygen atoms in total. The van der Waals surface area contributed by atoms with Gasteiger partial charge in [-0.1, -0.05) is 23.9 Å². The molecule has 0 N–H and O–H groups in total. The van der Waals surface area contributed by atoms with Gasteiger partial charge in [-0.25, -0.2) is 0 Å². The molecule has 0 unspecified atom stereocenters. The van der Waals surface area contributed by atoms with Crippen LogP contribution in [0.4, 0.5) is 0 Å². The van der Waals surface area contributed by atoms with Crippen molar-refractivity contribution in [2.24, 2.45) is 0 Å². The van der Waals surface area contributed by atoms with E-state index < -0.39 is 0 Å². The Morgan fingerprint density at radius 1 is 1.08 bits per heavy atom. The number of halogens is 1. The topological polar surface area (TPSA) is 56.0 Å². The molecule has 0 spiro atoms. The van der Waals surface area contributed by atoms with Crippen molar-refractivity contribution in [1.82, 2.24) is 10.2 Å². The Kier molecular flexibility index (Phi) is 5.63. The fraction of sp³-hybridized carbons (Fsp3) is 0.250.